The van der Waals surface area contributed by atoms with E-state index in [-0.39, 0.29) is 32.7 Å². The highest BCUT2D eigenvalue weighted by Gasteiger charge is 2.34. The third-order valence-electron chi connectivity index (χ3n) is 4.68. The van der Waals surface area contributed by atoms with E-state index in [9.17, 15) is 30.4 Å². The van der Waals surface area contributed by atoms with E-state index >= 15 is 0 Å². The standard InChI is InChI=1S/C21H16F5NO2S/c1-11-7-14(8-12(2)20(11)21(24,25)26)17-10-19(23)18(22)9-16(17)13-3-5-15(6-4-13)30(27,28)29/h3-10H,1-2H3,(H2,27,28,29). The molecule has 0 aromatic heterocycles. The number of benzene rings is 3. The first-order chi connectivity index (χ1) is 13.8. The Kier molecular flexibility index (Phi) is 5.46. The van der Waals surface area contributed by atoms with Gasteiger partial charge in [-0.2, -0.15) is 13.2 Å². The van der Waals surface area contributed by atoms with Crippen LogP contribution in [0, 0.1) is 25.5 Å². The highest BCUT2D eigenvalue weighted by molar-refractivity contribution is 7.89. The first kappa shape index (κ1) is 21.9. The lowest BCUT2D eigenvalue weighted by Gasteiger charge is -2.17. The topological polar surface area (TPSA) is 60.2 Å². The summed E-state index contributed by atoms with van der Waals surface area (Å²) in [7, 11) is -3.95. The number of alkyl halides is 3. The minimum atomic E-state index is -4.55. The average Bonchev–Trinajstić information content (AvgIpc) is 2.61. The molecule has 3 aromatic rings. The minimum absolute atomic E-state index is 0.0576. The maximum Gasteiger partial charge on any atom is 0.416 e. The van der Waals surface area contributed by atoms with Crippen LogP contribution in [0.2, 0.25) is 0 Å². The minimum Gasteiger partial charge on any atom is -0.225 e. The zero-order chi connectivity index (χ0) is 22.4. The van der Waals surface area contributed by atoms with Crippen molar-refractivity contribution in [1.82, 2.24) is 0 Å². The second-order valence-corrected chi connectivity index (χ2v) is 8.43. The molecule has 0 saturated carbocycles. The summed E-state index contributed by atoms with van der Waals surface area (Å²) in [4.78, 5) is -0.170. The molecule has 0 aliphatic heterocycles. The van der Waals surface area contributed by atoms with Crippen molar-refractivity contribution in [3.05, 3.63) is 76.9 Å². The Morgan fingerprint density at radius 3 is 1.60 bits per heavy atom. The Hall–Kier alpha value is -2.78. The number of hydrogen-bond donors (Lipinski definition) is 1. The predicted molar refractivity (Wildman–Crippen MR) is 103 cm³/mol. The Morgan fingerprint density at radius 1 is 0.767 bits per heavy atom. The summed E-state index contributed by atoms with van der Waals surface area (Å²) < 4.78 is 90.6. The van der Waals surface area contributed by atoms with E-state index in [0.717, 1.165) is 12.1 Å². The van der Waals surface area contributed by atoms with Gasteiger partial charge < -0.3 is 0 Å². The van der Waals surface area contributed by atoms with Crippen molar-refractivity contribution < 1.29 is 30.4 Å². The maximum absolute atomic E-state index is 14.0. The number of sulfonamides is 1. The molecule has 0 amide bonds. The van der Waals surface area contributed by atoms with Gasteiger partial charge in [0.15, 0.2) is 11.6 Å². The molecule has 3 rings (SSSR count). The quantitative estimate of drug-likeness (QED) is 0.540. The van der Waals surface area contributed by atoms with Gasteiger partial charge in [0, 0.05) is 0 Å². The largest absolute Gasteiger partial charge is 0.416 e. The van der Waals surface area contributed by atoms with Crippen LogP contribution < -0.4 is 5.14 Å². The Morgan fingerprint density at radius 2 is 1.20 bits per heavy atom. The van der Waals surface area contributed by atoms with E-state index in [2.05, 4.69) is 0 Å². The van der Waals surface area contributed by atoms with Crippen molar-refractivity contribution in [3.8, 4) is 22.3 Å². The van der Waals surface area contributed by atoms with Crippen molar-refractivity contribution in [2.24, 2.45) is 5.14 Å². The van der Waals surface area contributed by atoms with Gasteiger partial charge in [0.25, 0.3) is 0 Å². The number of rotatable bonds is 3. The van der Waals surface area contributed by atoms with E-state index in [1.807, 2.05) is 0 Å². The van der Waals surface area contributed by atoms with Crippen LogP contribution in [0.25, 0.3) is 22.3 Å². The van der Waals surface area contributed by atoms with Crippen LogP contribution in [0.5, 0.6) is 0 Å². The Bertz CT molecular complexity index is 1210. The van der Waals surface area contributed by atoms with Gasteiger partial charge in [-0.3, -0.25) is 0 Å². The second-order valence-electron chi connectivity index (χ2n) is 6.86. The maximum atomic E-state index is 14.0. The normalized spacial score (nSPS) is 12.3. The molecule has 2 N–H and O–H groups in total. The number of hydrogen-bond acceptors (Lipinski definition) is 2. The van der Waals surface area contributed by atoms with Gasteiger partial charge in [0.05, 0.1) is 10.5 Å². The molecule has 0 fully saturated rings. The van der Waals surface area contributed by atoms with E-state index in [0.29, 0.717) is 5.56 Å². The van der Waals surface area contributed by atoms with Crippen LogP contribution in [0.1, 0.15) is 16.7 Å². The van der Waals surface area contributed by atoms with Crippen molar-refractivity contribution in [2.75, 3.05) is 0 Å². The summed E-state index contributed by atoms with van der Waals surface area (Å²) in [5.41, 5.74) is 0.0583. The second kappa shape index (κ2) is 7.48. The zero-order valence-electron chi connectivity index (χ0n) is 15.8. The van der Waals surface area contributed by atoms with Crippen molar-refractivity contribution in [3.63, 3.8) is 0 Å². The van der Waals surface area contributed by atoms with Crippen LogP contribution in [0.15, 0.2) is 53.4 Å². The number of nitrogens with two attached hydrogens (primary N) is 1. The molecule has 0 atom stereocenters. The summed E-state index contributed by atoms with van der Waals surface area (Å²) >= 11 is 0. The highest BCUT2D eigenvalue weighted by Crippen LogP contribution is 2.40. The molecule has 0 saturated heterocycles. The molecule has 9 heteroatoms. The molecule has 0 heterocycles. The molecular weight excluding hydrogens is 425 g/mol. The SMILES string of the molecule is Cc1cc(-c2cc(F)c(F)cc2-c2ccc(S(N)(=O)=O)cc2)cc(C)c1C(F)(F)F. The Labute approximate surface area is 170 Å². The van der Waals surface area contributed by atoms with Gasteiger partial charge in [-0.1, -0.05) is 24.3 Å². The molecule has 0 radical (unpaired) electrons. The van der Waals surface area contributed by atoms with Gasteiger partial charge >= 0.3 is 6.18 Å². The van der Waals surface area contributed by atoms with Gasteiger partial charge in [-0.15, -0.1) is 0 Å². The zero-order valence-corrected chi connectivity index (χ0v) is 16.6. The smallest absolute Gasteiger partial charge is 0.225 e. The van der Waals surface area contributed by atoms with Crippen LogP contribution in [0.3, 0.4) is 0 Å². The monoisotopic (exact) mass is 441 g/mol. The van der Waals surface area contributed by atoms with Crippen LogP contribution in [0.4, 0.5) is 22.0 Å². The molecule has 3 nitrogen and oxygen atoms in total. The third kappa shape index (κ3) is 4.22. The van der Waals surface area contributed by atoms with E-state index in [1.165, 1.54) is 50.2 Å². The molecule has 3 aromatic carbocycles. The summed E-state index contributed by atoms with van der Waals surface area (Å²) in [5.74, 6) is -2.31. The fraction of sp³-hybridized carbons (Fsp3) is 0.143. The van der Waals surface area contributed by atoms with Crippen LogP contribution >= 0.6 is 0 Å². The van der Waals surface area contributed by atoms with E-state index in [1.54, 1.807) is 0 Å². The molecule has 0 bridgehead atoms. The van der Waals surface area contributed by atoms with Gasteiger partial charge in [-0.25, -0.2) is 22.3 Å². The number of aryl methyl sites for hydroxylation is 2. The highest BCUT2D eigenvalue weighted by atomic mass is 32.2. The van der Waals surface area contributed by atoms with Crippen LogP contribution in [-0.4, -0.2) is 8.42 Å². The third-order valence-corrected chi connectivity index (χ3v) is 5.61. The van der Waals surface area contributed by atoms with Crippen molar-refractivity contribution >= 4 is 10.0 Å². The molecule has 0 aliphatic carbocycles. The predicted octanol–water partition coefficient (Wildman–Crippen LogP) is 5.58. The first-order valence-electron chi connectivity index (χ1n) is 8.60. The lowest BCUT2D eigenvalue weighted by molar-refractivity contribution is -0.138. The number of primary sulfonamides is 1. The number of halogens is 5. The summed E-state index contributed by atoms with van der Waals surface area (Å²) in [6.07, 6.45) is -4.55. The van der Waals surface area contributed by atoms with Crippen molar-refractivity contribution in [2.45, 2.75) is 24.9 Å². The summed E-state index contributed by atoms with van der Waals surface area (Å²) in [6.45, 7) is 2.58. The van der Waals surface area contributed by atoms with Gasteiger partial charge in [0.1, 0.15) is 0 Å². The lowest BCUT2D eigenvalue weighted by Crippen LogP contribution is -2.11. The summed E-state index contributed by atoms with van der Waals surface area (Å²) in [6, 6.07) is 9.46. The molecular formula is C21H16F5NO2S. The molecule has 30 heavy (non-hydrogen) atoms. The molecule has 0 aliphatic rings. The van der Waals surface area contributed by atoms with Gasteiger partial charge in [0.2, 0.25) is 10.0 Å². The summed E-state index contributed by atoms with van der Waals surface area (Å²) in [5, 5.41) is 5.06. The lowest BCUT2D eigenvalue weighted by atomic mass is 9.90. The van der Waals surface area contributed by atoms with E-state index in [4.69, 9.17) is 5.14 Å². The average molecular weight is 441 g/mol. The first-order valence-corrected chi connectivity index (χ1v) is 10.1. The molecule has 158 valence electrons. The molecule has 0 unspecified atom stereocenters. The fourth-order valence-electron chi connectivity index (χ4n) is 3.41. The fourth-order valence-corrected chi connectivity index (χ4v) is 3.93. The van der Waals surface area contributed by atoms with E-state index < -0.39 is 33.4 Å². The van der Waals surface area contributed by atoms with Gasteiger partial charge in [-0.05, 0) is 71.5 Å². The Balaban J connectivity index is 2.23. The van der Waals surface area contributed by atoms with Crippen molar-refractivity contribution in [1.29, 1.82) is 0 Å². The molecule has 0 spiro atoms. The van der Waals surface area contributed by atoms with Crippen LogP contribution in [-0.2, 0) is 16.2 Å².